The van der Waals surface area contributed by atoms with E-state index < -0.39 is 5.91 Å². The number of ketones is 1. The summed E-state index contributed by atoms with van der Waals surface area (Å²) in [6, 6.07) is 0. The van der Waals surface area contributed by atoms with E-state index >= 15 is 0 Å². The molecular weight excluding hydrogens is 154 g/mol. The summed E-state index contributed by atoms with van der Waals surface area (Å²) >= 11 is 0. The Morgan fingerprint density at radius 1 is 1.50 bits per heavy atom. The summed E-state index contributed by atoms with van der Waals surface area (Å²) in [6.07, 6.45) is 4.50. The first kappa shape index (κ1) is 7.28. The molecule has 1 aliphatic carbocycles. The summed E-state index contributed by atoms with van der Waals surface area (Å²) in [7, 11) is 0. The van der Waals surface area contributed by atoms with E-state index in [0.717, 1.165) is 11.3 Å². The number of amides is 1. The number of Topliss-reactive ketones (excluding diaryl/α,β-unsaturated/α-hetero) is 1. The fourth-order valence-corrected chi connectivity index (χ4v) is 1.56. The van der Waals surface area contributed by atoms with Crippen molar-refractivity contribution < 1.29 is 9.59 Å². The zero-order chi connectivity index (χ0) is 8.72. The van der Waals surface area contributed by atoms with Crippen molar-refractivity contribution in [2.45, 2.75) is 13.3 Å². The molecule has 0 aromatic rings. The lowest BCUT2D eigenvalue weighted by Gasteiger charge is -2.11. The second-order valence-electron chi connectivity index (χ2n) is 3.15. The number of rotatable bonds is 0. The third-order valence-corrected chi connectivity index (χ3v) is 2.23. The minimum atomic E-state index is -0.464. The number of fused-ring (bicyclic) bond motifs is 1. The second kappa shape index (κ2) is 2.30. The van der Waals surface area contributed by atoms with Crippen molar-refractivity contribution in [1.82, 2.24) is 5.32 Å². The average molecular weight is 163 g/mol. The van der Waals surface area contributed by atoms with E-state index in [2.05, 4.69) is 5.32 Å². The molecular formula is C9H9NO2. The summed E-state index contributed by atoms with van der Waals surface area (Å²) in [5.74, 6) is -0.986. The predicted molar refractivity (Wildman–Crippen MR) is 43.1 cm³/mol. The summed E-state index contributed by atoms with van der Waals surface area (Å²) in [4.78, 5) is 22.1. The van der Waals surface area contributed by atoms with Crippen LogP contribution in [0.25, 0.3) is 0 Å². The van der Waals surface area contributed by atoms with Crippen LogP contribution in [0.1, 0.15) is 13.3 Å². The summed E-state index contributed by atoms with van der Waals surface area (Å²) < 4.78 is 0. The Labute approximate surface area is 70.1 Å². The van der Waals surface area contributed by atoms with Gasteiger partial charge in [-0.2, -0.15) is 0 Å². The molecule has 0 bridgehead atoms. The van der Waals surface area contributed by atoms with Crippen LogP contribution < -0.4 is 5.32 Å². The summed E-state index contributed by atoms with van der Waals surface area (Å²) in [5, 5.41) is 2.57. The lowest BCUT2D eigenvalue weighted by atomic mass is 9.93. The molecule has 1 heterocycles. The van der Waals surface area contributed by atoms with E-state index in [0.29, 0.717) is 6.42 Å². The maximum atomic E-state index is 11.2. The first-order valence-electron chi connectivity index (χ1n) is 3.92. The van der Waals surface area contributed by atoms with E-state index in [4.69, 9.17) is 0 Å². The zero-order valence-electron chi connectivity index (χ0n) is 6.76. The second-order valence-corrected chi connectivity index (χ2v) is 3.15. The predicted octanol–water partition coefficient (Wildman–Crippen LogP) is 0.535. The van der Waals surface area contributed by atoms with Crippen molar-refractivity contribution in [3.63, 3.8) is 0 Å². The van der Waals surface area contributed by atoms with Crippen molar-refractivity contribution in [3.05, 3.63) is 23.4 Å². The highest BCUT2D eigenvalue weighted by Gasteiger charge is 2.36. The Balaban J connectivity index is 2.36. The molecule has 1 atom stereocenters. The van der Waals surface area contributed by atoms with Crippen LogP contribution in [0.3, 0.4) is 0 Å². The minimum Gasteiger partial charge on any atom is -0.322 e. The van der Waals surface area contributed by atoms with Gasteiger partial charge in [0.15, 0.2) is 0 Å². The number of nitrogens with one attached hydrogen (secondary N) is 1. The van der Waals surface area contributed by atoms with Gasteiger partial charge in [-0.1, -0.05) is 11.6 Å². The molecule has 1 N–H and O–H groups in total. The third-order valence-electron chi connectivity index (χ3n) is 2.23. The Morgan fingerprint density at radius 2 is 2.25 bits per heavy atom. The molecule has 1 unspecified atom stereocenters. The van der Waals surface area contributed by atoms with Gasteiger partial charge in [-0.25, -0.2) is 0 Å². The smallest absolute Gasteiger partial charge is 0.292 e. The van der Waals surface area contributed by atoms with Gasteiger partial charge in [0.05, 0.1) is 5.92 Å². The third kappa shape index (κ3) is 0.897. The molecule has 0 saturated carbocycles. The monoisotopic (exact) mass is 163 g/mol. The maximum absolute atomic E-state index is 11.2. The topological polar surface area (TPSA) is 46.2 Å². The highest BCUT2D eigenvalue weighted by atomic mass is 16.2. The van der Waals surface area contributed by atoms with Gasteiger partial charge >= 0.3 is 0 Å². The average Bonchev–Trinajstić information content (AvgIpc) is 2.28. The minimum absolute atomic E-state index is 0.221. The molecule has 1 saturated heterocycles. The molecule has 2 aliphatic rings. The Hall–Kier alpha value is -1.38. The molecule has 0 aromatic heterocycles. The molecule has 3 nitrogen and oxygen atoms in total. The molecule has 0 spiro atoms. The Morgan fingerprint density at radius 3 is 3.00 bits per heavy atom. The number of hydrogen-bond acceptors (Lipinski definition) is 2. The van der Waals surface area contributed by atoms with Crippen LogP contribution in [-0.2, 0) is 9.59 Å². The summed E-state index contributed by atoms with van der Waals surface area (Å²) in [5.41, 5.74) is 1.88. The van der Waals surface area contributed by atoms with E-state index in [9.17, 15) is 9.59 Å². The van der Waals surface area contributed by atoms with Crippen LogP contribution >= 0.6 is 0 Å². The first-order valence-corrected chi connectivity index (χ1v) is 3.92. The molecule has 1 aliphatic heterocycles. The van der Waals surface area contributed by atoms with Crippen molar-refractivity contribution in [2.24, 2.45) is 5.92 Å². The first-order chi connectivity index (χ1) is 5.68. The Bertz CT molecular complexity index is 325. The van der Waals surface area contributed by atoms with Crippen LogP contribution in [-0.4, -0.2) is 11.7 Å². The number of allylic oxidation sites excluding steroid dienone is 4. The van der Waals surface area contributed by atoms with Gasteiger partial charge in [0, 0.05) is 5.70 Å². The fourth-order valence-electron chi connectivity index (χ4n) is 1.56. The van der Waals surface area contributed by atoms with Crippen LogP contribution in [0.2, 0.25) is 0 Å². The van der Waals surface area contributed by atoms with Gasteiger partial charge in [0.2, 0.25) is 5.78 Å². The number of carbonyl (C=O) groups is 2. The van der Waals surface area contributed by atoms with E-state index in [1.54, 1.807) is 0 Å². The van der Waals surface area contributed by atoms with Gasteiger partial charge in [0.1, 0.15) is 0 Å². The van der Waals surface area contributed by atoms with Crippen LogP contribution in [0.15, 0.2) is 23.4 Å². The highest BCUT2D eigenvalue weighted by molar-refractivity contribution is 6.40. The fraction of sp³-hybridized carbons (Fsp3) is 0.333. The molecule has 0 radical (unpaired) electrons. The quantitative estimate of drug-likeness (QED) is 0.529. The van der Waals surface area contributed by atoms with Crippen LogP contribution in [0.5, 0.6) is 0 Å². The van der Waals surface area contributed by atoms with Crippen molar-refractivity contribution in [3.8, 4) is 0 Å². The lowest BCUT2D eigenvalue weighted by Crippen LogP contribution is -2.18. The molecule has 1 amide bonds. The van der Waals surface area contributed by atoms with Crippen molar-refractivity contribution in [1.29, 1.82) is 0 Å². The number of carbonyl (C=O) groups excluding carboxylic acids is 2. The van der Waals surface area contributed by atoms with Gasteiger partial charge in [-0.15, -0.1) is 0 Å². The molecule has 0 aromatic carbocycles. The van der Waals surface area contributed by atoms with Gasteiger partial charge in [-0.3, -0.25) is 9.59 Å². The largest absolute Gasteiger partial charge is 0.322 e. The summed E-state index contributed by atoms with van der Waals surface area (Å²) in [6.45, 7) is 1.96. The van der Waals surface area contributed by atoms with Gasteiger partial charge in [0.25, 0.3) is 5.91 Å². The normalized spacial score (nSPS) is 27.6. The van der Waals surface area contributed by atoms with Crippen LogP contribution in [0.4, 0.5) is 0 Å². The Kier molecular flexibility index (Phi) is 1.40. The van der Waals surface area contributed by atoms with Gasteiger partial charge in [-0.05, 0) is 19.4 Å². The van der Waals surface area contributed by atoms with Gasteiger partial charge < -0.3 is 5.32 Å². The molecule has 12 heavy (non-hydrogen) atoms. The molecule has 1 fully saturated rings. The zero-order valence-corrected chi connectivity index (χ0v) is 6.76. The molecule has 62 valence electrons. The lowest BCUT2D eigenvalue weighted by molar-refractivity contribution is -0.136. The van der Waals surface area contributed by atoms with Crippen LogP contribution in [0, 0.1) is 5.92 Å². The molecule has 3 heteroatoms. The van der Waals surface area contributed by atoms with E-state index in [1.807, 2.05) is 19.1 Å². The van der Waals surface area contributed by atoms with E-state index in [1.165, 1.54) is 0 Å². The highest BCUT2D eigenvalue weighted by Crippen LogP contribution is 2.26. The van der Waals surface area contributed by atoms with E-state index in [-0.39, 0.29) is 11.7 Å². The van der Waals surface area contributed by atoms with Crippen molar-refractivity contribution in [2.75, 3.05) is 0 Å². The van der Waals surface area contributed by atoms with Crippen molar-refractivity contribution >= 4 is 11.7 Å². The molecule has 2 rings (SSSR count). The standard InChI is InChI=1S/C9H9NO2/c1-5-2-3-6-7(4-5)10-9(12)8(6)11/h2,4,6H,3H2,1H3,(H,10,12). The number of hydrogen-bond donors (Lipinski definition) is 1. The SMILES string of the molecule is CC1=CCC2C(=O)C(=O)NC2=C1. The maximum Gasteiger partial charge on any atom is 0.292 e.